The Morgan fingerprint density at radius 3 is 2.26 bits per heavy atom. The van der Waals surface area contributed by atoms with Crippen LogP contribution >= 0.6 is 0 Å². The molecule has 0 unspecified atom stereocenters. The van der Waals surface area contributed by atoms with E-state index in [1.165, 1.54) is 30.7 Å². The van der Waals surface area contributed by atoms with Gasteiger partial charge >= 0.3 is 6.18 Å². The lowest BCUT2D eigenvalue weighted by molar-refractivity contribution is -0.137. The zero-order chi connectivity index (χ0) is 25.0. The number of nitrogens with one attached hydrogen (secondary N) is 1. The smallest absolute Gasteiger partial charge is 0.397 e. The Kier molecular flexibility index (Phi) is 6.49. The second-order valence-corrected chi connectivity index (χ2v) is 7.14. The van der Waals surface area contributed by atoms with E-state index in [0.29, 0.717) is 5.69 Å². The Balaban J connectivity index is 1.80. The molecule has 1 amide bonds. The maximum Gasteiger partial charge on any atom is 0.417 e. The number of carbonyl (C=O) groups is 1. The average molecular weight is 480 g/mol. The minimum Gasteiger partial charge on any atom is -0.397 e. The first kappa shape index (κ1) is 23.5. The van der Waals surface area contributed by atoms with Gasteiger partial charge in [-0.2, -0.15) is 13.2 Å². The highest BCUT2D eigenvalue weighted by molar-refractivity contribution is 6.14. The van der Waals surface area contributed by atoms with E-state index in [4.69, 9.17) is 5.73 Å². The molecule has 0 aliphatic rings. The number of para-hydroxylation sites is 1. The molecule has 0 spiro atoms. The zero-order valence-electron chi connectivity index (χ0n) is 17.8. The van der Waals surface area contributed by atoms with Gasteiger partial charge in [0, 0.05) is 24.2 Å². The van der Waals surface area contributed by atoms with E-state index in [9.17, 15) is 22.4 Å². The molecule has 0 saturated carbocycles. The number of aliphatic imine (C=N–C) groups is 1. The number of pyridine rings is 1. The SMILES string of the molecule is Nc1cccnc1C(=Nc1ccccc1)NC(=O)c1cc(-c2ncccn2)c(C(F)(F)F)cc1F. The molecule has 11 heteroatoms. The van der Waals surface area contributed by atoms with Crippen molar-refractivity contribution in [3.63, 3.8) is 0 Å². The van der Waals surface area contributed by atoms with E-state index >= 15 is 0 Å². The summed E-state index contributed by atoms with van der Waals surface area (Å²) < 4.78 is 55.6. The third kappa shape index (κ3) is 5.29. The summed E-state index contributed by atoms with van der Waals surface area (Å²) in [5.74, 6) is -2.88. The number of rotatable bonds is 4. The van der Waals surface area contributed by atoms with Gasteiger partial charge in [-0.1, -0.05) is 18.2 Å². The highest BCUT2D eigenvalue weighted by Crippen LogP contribution is 2.37. The Labute approximate surface area is 196 Å². The number of nitrogens with zero attached hydrogens (tertiary/aromatic N) is 4. The van der Waals surface area contributed by atoms with Crippen LogP contribution in [0.2, 0.25) is 0 Å². The lowest BCUT2D eigenvalue weighted by atomic mass is 10.0. The first-order valence-electron chi connectivity index (χ1n) is 10.1. The molecule has 2 heterocycles. The quantitative estimate of drug-likeness (QED) is 0.248. The number of hydrogen-bond acceptors (Lipinski definition) is 6. The summed E-state index contributed by atoms with van der Waals surface area (Å²) in [7, 11) is 0. The van der Waals surface area contributed by atoms with Crippen molar-refractivity contribution in [3.8, 4) is 11.4 Å². The van der Waals surface area contributed by atoms with E-state index in [0.717, 1.165) is 6.07 Å². The molecule has 35 heavy (non-hydrogen) atoms. The van der Waals surface area contributed by atoms with Crippen LogP contribution in [-0.2, 0) is 6.18 Å². The van der Waals surface area contributed by atoms with Gasteiger partial charge < -0.3 is 11.1 Å². The van der Waals surface area contributed by atoms with Gasteiger partial charge in [-0.05, 0) is 42.5 Å². The molecule has 2 aromatic heterocycles. The average Bonchev–Trinajstić information content (AvgIpc) is 2.84. The van der Waals surface area contributed by atoms with Crippen molar-refractivity contribution in [2.24, 2.45) is 4.99 Å². The van der Waals surface area contributed by atoms with Gasteiger partial charge in [0.2, 0.25) is 0 Å². The van der Waals surface area contributed by atoms with Crippen LogP contribution in [0.1, 0.15) is 21.6 Å². The largest absolute Gasteiger partial charge is 0.417 e. The Bertz CT molecular complexity index is 1390. The number of amidine groups is 1. The number of aromatic nitrogens is 3. The molecule has 3 N–H and O–H groups in total. The second-order valence-electron chi connectivity index (χ2n) is 7.14. The molecule has 0 aliphatic carbocycles. The number of carbonyl (C=O) groups excluding carboxylic acids is 1. The molecule has 4 aromatic rings. The summed E-state index contributed by atoms with van der Waals surface area (Å²) in [6.07, 6.45) is -1.02. The predicted octanol–water partition coefficient (Wildman–Crippen LogP) is 4.79. The molecule has 0 radical (unpaired) electrons. The number of amides is 1. The monoisotopic (exact) mass is 480 g/mol. The van der Waals surface area contributed by atoms with Crippen molar-refractivity contribution < 1.29 is 22.4 Å². The van der Waals surface area contributed by atoms with E-state index in [2.05, 4.69) is 25.3 Å². The van der Waals surface area contributed by atoms with Crippen molar-refractivity contribution in [1.29, 1.82) is 0 Å². The van der Waals surface area contributed by atoms with Crippen LogP contribution in [0.5, 0.6) is 0 Å². The van der Waals surface area contributed by atoms with E-state index in [1.807, 2.05) is 0 Å². The third-order valence-electron chi connectivity index (χ3n) is 4.76. The van der Waals surface area contributed by atoms with Crippen molar-refractivity contribution in [2.45, 2.75) is 6.18 Å². The van der Waals surface area contributed by atoms with Gasteiger partial charge in [-0.15, -0.1) is 0 Å². The predicted molar refractivity (Wildman–Crippen MR) is 121 cm³/mol. The van der Waals surface area contributed by atoms with Crippen LogP contribution in [0.4, 0.5) is 28.9 Å². The number of benzene rings is 2. The topological polar surface area (TPSA) is 106 Å². The number of alkyl halides is 3. The first-order valence-corrected chi connectivity index (χ1v) is 10.1. The van der Waals surface area contributed by atoms with E-state index < -0.39 is 34.6 Å². The van der Waals surface area contributed by atoms with Gasteiger partial charge in [0.15, 0.2) is 11.7 Å². The number of nitrogens with two attached hydrogens (primary N) is 1. The minimum atomic E-state index is -4.91. The molecule has 0 aliphatic heterocycles. The molecule has 0 atom stereocenters. The molecule has 0 saturated heterocycles. The second kappa shape index (κ2) is 9.67. The van der Waals surface area contributed by atoms with E-state index in [1.54, 1.807) is 36.4 Å². The van der Waals surface area contributed by atoms with Crippen LogP contribution in [0.15, 0.2) is 84.2 Å². The number of nitrogen functional groups attached to an aromatic ring is 1. The summed E-state index contributed by atoms with van der Waals surface area (Å²) in [5.41, 5.74) is 4.14. The molecule has 176 valence electrons. The van der Waals surface area contributed by atoms with Crippen LogP contribution in [0.25, 0.3) is 11.4 Å². The molecular weight excluding hydrogens is 464 g/mol. The zero-order valence-corrected chi connectivity index (χ0v) is 17.8. The van der Waals surface area contributed by atoms with Crippen molar-refractivity contribution >= 4 is 23.1 Å². The Morgan fingerprint density at radius 2 is 1.60 bits per heavy atom. The maximum absolute atomic E-state index is 14.8. The molecule has 0 fully saturated rings. The molecule has 7 nitrogen and oxygen atoms in total. The number of halogens is 4. The van der Waals surface area contributed by atoms with Crippen molar-refractivity contribution in [2.75, 3.05) is 5.73 Å². The highest BCUT2D eigenvalue weighted by atomic mass is 19.4. The van der Waals surface area contributed by atoms with Gasteiger partial charge in [-0.25, -0.2) is 19.4 Å². The lowest BCUT2D eigenvalue weighted by Crippen LogP contribution is -2.33. The highest BCUT2D eigenvalue weighted by Gasteiger charge is 2.36. The molecule has 0 bridgehead atoms. The standard InChI is InChI=1S/C24H16F4N6O/c25-18-13-17(24(26,27)28)15(21-31-10-5-11-32-21)12-16(18)23(35)34-22(20-19(29)8-4-9-30-20)33-14-6-2-1-3-7-14/h1-13H,29H2,(H,33,34,35). The fraction of sp³-hybridized carbons (Fsp3) is 0.0417. The van der Waals surface area contributed by atoms with Crippen LogP contribution in [0, 0.1) is 5.82 Å². The van der Waals surface area contributed by atoms with Gasteiger partial charge in [-0.3, -0.25) is 9.78 Å². The number of hydrogen-bond donors (Lipinski definition) is 2. The summed E-state index contributed by atoms with van der Waals surface area (Å²) in [5, 5.41) is 2.42. The summed E-state index contributed by atoms with van der Waals surface area (Å²) in [6, 6.07) is 14.0. The lowest BCUT2D eigenvalue weighted by Gasteiger charge is -2.15. The Morgan fingerprint density at radius 1 is 0.914 bits per heavy atom. The van der Waals surface area contributed by atoms with Crippen LogP contribution < -0.4 is 11.1 Å². The van der Waals surface area contributed by atoms with Crippen LogP contribution in [0.3, 0.4) is 0 Å². The molecule has 2 aromatic carbocycles. The number of anilines is 1. The van der Waals surface area contributed by atoms with Crippen molar-refractivity contribution in [3.05, 3.63) is 102 Å². The van der Waals surface area contributed by atoms with Gasteiger partial charge in [0.1, 0.15) is 11.5 Å². The maximum atomic E-state index is 14.8. The normalized spacial score (nSPS) is 11.8. The van der Waals surface area contributed by atoms with Crippen molar-refractivity contribution in [1.82, 2.24) is 20.3 Å². The summed E-state index contributed by atoms with van der Waals surface area (Å²) in [6.45, 7) is 0. The Hall–Kier alpha value is -4.67. The van der Waals surface area contributed by atoms with Crippen LogP contribution in [-0.4, -0.2) is 26.7 Å². The van der Waals surface area contributed by atoms with Gasteiger partial charge in [0.25, 0.3) is 5.91 Å². The minimum absolute atomic E-state index is 0.101. The third-order valence-corrected chi connectivity index (χ3v) is 4.76. The fourth-order valence-corrected chi connectivity index (χ4v) is 3.17. The van der Waals surface area contributed by atoms with E-state index in [-0.39, 0.29) is 29.1 Å². The van der Waals surface area contributed by atoms with Gasteiger partial charge in [0.05, 0.1) is 22.5 Å². The molecule has 4 rings (SSSR count). The fourth-order valence-electron chi connectivity index (χ4n) is 3.17. The molecular formula is C24H16F4N6O. The summed E-state index contributed by atoms with van der Waals surface area (Å²) in [4.78, 5) is 29.2. The first-order chi connectivity index (χ1) is 16.7. The summed E-state index contributed by atoms with van der Waals surface area (Å²) >= 11 is 0.